The molecule has 3 rings (SSSR count). The van der Waals surface area contributed by atoms with E-state index < -0.39 is 0 Å². The van der Waals surface area contributed by atoms with E-state index in [4.69, 9.17) is 16.3 Å². The van der Waals surface area contributed by atoms with Crippen LogP contribution in [-0.4, -0.2) is 34.3 Å². The van der Waals surface area contributed by atoms with Gasteiger partial charge in [-0.15, -0.1) is 11.3 Å². The van der Waals surface area contributed by atoms with Crippen molar-refractivity contribution < 1.29 is 4.74 Å². The Bertz CT molecular complexity index is 680. The van der Waals surface area contributed by atoms with Crippen LogP contribution in [0.2, 0.25) is 5.28 Å². The molecule has 0 aromatic carbocycles. The molecule has 0 aliphatic carbocycles. The molecule has 0 amide bonds. The third-order valence-electron chi connectivity index (χ3n) is 3.46. The summed E-state index contributed by atoms with van der Waals surface area (Å²) in [5.41, 5.74) is -0.451. The van der Waals surface area contributed by atoms with Crippen LogP contribution in [0.25, 0.3) is 10.2 Å². The van der Waals surface area contributed by atoms with E-state index in [1.807, 2.05) is 0 Å². The first-order valence-electron chi connectivity index (χ1n) is 7.04. The Morgan fingerprint density at radius 2 is 1.81 bits per heavy atom. The molecule has 2 aromatic rings. The molecule has 3 heterocycles. The Kier molecular flexibility index (Phi) is 3.43. The van der Waals surface area contributed by atoms with Gasteiger partial charge < -0.3 is 9.64 Å². The molecule has 1 fully saturated rings. The lowest BCUT2D eigenvalue weighted by Crippen LogP contribution is -2.57. The van der Waals surface area contributed by atoms with Crippen molar-refractivity contribution >= 4 is 39.0 Å². The Labute approximate surface area is 134 Å². The molecule has 4 nitrogen and oxygen atoms in total. The van der Waals surface area contributed by atoms with E-state index in [2.05, 4.69) is 55.6 Å². The largest absolute Gasteiger partial charge is 0.366 e. The number of hydrogen-bond acceptors (Lipinski definition) is 5. The van der Waals surface area contributed by atoms with Crippen molar-refractivity contribution in [2.45, 2.75) is 45.8 Å². The first-order valence-corrected chi connectivity index (χ1v) is 8.23. The third-order valence-corrected chi connectivity index (χ3v) is 4.58. The average Bonchev–Trinajstić information content (AvgIpc) is 2.63. The van der Waals surface area contributed by atoms with Crippen LogP contribution in [0.3, 0.4) is 0 Å². The van der Waals surface area contributed by atoms with E-state index >= 15 is 0 Å². The fourth-order valence-electron chi connectivity index (χ4n) is 3.18. The van der Waals surface area contributed by atoms with Gasteiger partial charge in [0.1, 0.15) is 10.6 Å². The zero-order valence-corrected chi connectivity index (χ0v) is 14.6. The smallest absolute Gasteiger partial charge is 0.225 e. The molecule has 114 valence electrons. The van der Waals surface area contributed by atoms with Crippen molar-refractivity contribution in [3.05, 3.63) is 16.2 Å². The van der Waals surface area contributed by atoms with Gasteiger partial charge in [-0.1, -0.05) is 0 Å². The predicted octanol–water partition coefficient (Wildman–Crippen LogP) is 4.05. The van der Waals surface area contributed by atoms with Crippen LogP contribution in [0.5, 0.6) is 0 Å². The van der Waals surface area contributed by atoms with E-state index in [1.54, 1.807) is 11.3 Å². The van der Waals surface area contributed by atoms with Crippen molar-refractivity contribution in [3.63, 3.8) is 0 Å². The molecule has 6 heteroatoms. The standard InChI is InChI=1S/C15H20ClN3OS/c1-9-6-10-11(17-13(16)18-12(10)21-9)19-7-14(2,3)20-15(4,5)8-19/h6H,7-8H2,1-5H3. The van der Waals surface area contributed by atoms with Gasteiger partial charge in [0, 0.05) is 18.0 Å². The Morgan fingerprint density at radius 3 is 2.43 bits per heavy atom. The molecule has 0 N–H and O–H groups in total. The molecule has 0 bridgehead atoms. The normalized spacial score (nSPS) is 21.0. The number of rotatable bonds is 1. The van der Waals surface area contributed by atoms with E-state index in [0.29, 0.717) is 5.28 Å². The van der Waals surface area contributed by atoms with Crippen molar-refractivity contribution in [2.75, 3.05) is 18.0 Å². The molecule has 21 heavy (non-hydrogen) atoms. The average molecular weight is 326 g/mol. The van der Waals surface area contributed by atoms with Crippen LogP contribution in [0.1, 0.15) is 32.6 Å². The summed E-state index contributed by atoms with van der Waals surface area (Å²) in [5, 5.41) is 1.39. The number of anilines is 1. The highest BCUT2D eigenvalue weighted by Gasteiger charge is 2.39. The van der Waals surface area contributed by atoms with Gasteiger partial charge in [-0.2, -0.15) is 4.98 Å². The predicted molar refractivity (Wildman–Crippen MR) is 88.6 cm³/mol. The number of morpholine rings is 1. The lowest BCUT2D eigenvalue weighted by Gasteiger charge is -2.47. The Hall–Kier alpha value is -0.910. The van der Waals surface area contributed by atoms with Gasteiger partial charge >= 0.3 is 0 Å². The second kappa shape index (κ2) is 4.80. The lowest BCUT2D eigenvalue weighted by molar-refractivity contribution is -0.133. The highest BCUT2D eigenvalue weighted by atomic mass is 35.5. The minimum absolute atomic E-state index is 0.226. The van der Waals surface area contributed by atoms with Crippen molar-refractivity contribution in [2.24, 2.45) is 0 Å². The number of hydrogen-bond donors (Lipinski definition) is 0. The summed E-state index contributed by atoms with van der Waals surface area (Å²) < 4.78 is 6.14. The number of ether oxygens (including phenoxy) is 1. The lowest BCUT2D eigenvalue weighted by atomic mass is 9.99. The summed E-state index contributed by atoms with van der Waals surface area (Å²) in [6, 6.07) is 2.14. The van der Waals surface area contributed by atoms with Gasteiger partial charge in [-0.3, -0.25) is 0 Å². The summed E-state index contributed by atoms with van der Waals surface area (Å²) >= 11 is 7.77. The van der Waals surface area contributed by atoms with E-state index in [9.17, 15) is 0 Å². The van der Waals surface area contributed by atoms with Crippen LogP contribution in [0.4, 0.5) is 5.82 Å². The van der Waals surface area contributed by atoms with Crippen LogP contribution in [-0.2, 0) is 4.74 Å². The van der Waals surface area contributed by atoms with E-state index in [1.165, 1.54) is 4.88 Å². The topological polar surface area (TPSA) is 38.2 Å². The van der Waals surface area contributed by atoms with Gasteiger partial charge in [-0.05, 0) is 52.3 Å². The van der Waals surface area contributed by atoms with Gasteiger partial charge in [0.15, 0.2) is 0 Å². The van der Waals surface area contributed by atoms with Gasteiger partial charge in [0.05, 0.1) is 16.6 Å². The maximum absolute atomic E-state index is 6.14. The van der Waals surface area contributed by atoms with Gasteiger partial charge in [-0.25, -0.2) is 4.98 Å². The Balaban J connectivity index is 2.11. The number of thiophene rings is 1. The second-order valence-electron chi connectivity index (χ2n) is 6.87. The van der Waals surface area contributed by atoms with Crippen LogP contribution >= 0.6 is 22.9 Å². The van der Waals surface area contributed by atoms with Gasteiger partial charge in [0.25, 0.3) is 0 Å². The number of nitrogens with zero attached hydrogens (tertiary/aromatic N) is 3. The van der Waals surface area contributed by atoms with Crippen LogP contribution in [0, 0.1) is 6.92 Å². The number of fused-ring (bicyclic) bond motifs is 1. The number of aromatic nitrogens is 2. The van der Waals surface area contributed by atoms with E-state index in [-0.39, 0.29) is 11.2 Å². The molecule has 0 unspecified atom stereocenters. The summed E-state index contributed by atoms with van der Waals surface area (Å²) in [6.45, 7) is 12.1. The molecular weight excluding hydrogens is 306 g/mol. The molecule has 1 saturated heterocycles. The van der Waals surface area contributed by atoms with Crippen LogP contribution < -0.4 is 4.90 Å². The monoisotopic (exact) mass is 325 g/mol. The molecule has 0 saturated carbocycles. The number of aryl methyl sites for hydroxylation is 1. The zero-order valence-electron chi connectivity index (χ0n) is 13.0. The minimum atomic E-state index is -0.226. The molecule has 2 aromatic heterocycles. The highest BCUT2D eigenvalue weighted by molar-refractivity contribution is 7.18. The maximum atomic E-state index is 6.14. The minimum Gasteiger partial charge on any atom is -0.366 e. The molecule has 1 aliphatic heterocycles. The summed E-state index contributed by atoms with van der Waals surface area (Å²) in [6.07, 6.45) is 0. The van der Waals surface area contributed by atoms with E-state index in [0.717, 1.165) is 29.1 Å². The van der Waals surface area contributed by atoms with Gasteiger partial charge in [0.2, 0.25) is 5.28 Å². The summed E-state index contributed by atoms with van der Waals surface area (Å²) in [4.78, 5) is 13.3. The third kappa shape index (κ3) is 3.00. The first kappa shape index (κ1) is 15.0. The fraction of sp³-hybridized carbons (Fsp3) is 0.600. The molecule has 0 spiro atoms. The van der Waals surface area contributed by atoms with Crippen LogP contribution in [0.15, 0.2) is 6.07 Å². The SMILES string of the molecule is Cc1cc2c(N3CC(C)(C)OC(C)(C)C3)nc(Cl)nc2s1. The molecule has 1 aliphatic rings. The fourth-order valence-corrected chi connectivity index (χ4v) is 4.27. The quantitative estimate of drug-likeness (QED) is 0.741. The second-order valence-corrected chi connectivity index (χ2v) is 8.44. The van der Waals surface area contributed by atoms with Crippen molar-refractivity contribution in [1.29, 1.82) is 0 Å². The molecule has 0 atom stereocenters. The maximum Gasteiger partial charge on any atom is 0.225 e. The molecule has 0 radical (unpaired) electrons. The first-order chi connectivity index (χ1) is 9.65. The van der Waals surface area contributed by atoms with Crippen molar-refractivity contribution in [1.82, 2.24) is 9.97 Å². The zero-order chi connectivity index (χ0) is 15.4. The van der Waals surface area contributed by atoms with Crippen molar-refractivity contribution in [3.8, 4) is 0 Å². The Morgan fingerprint density at radius 1 is 1.19 bits per heavy atom. The molecular formula is C15H20ClN3OS. The summed E-state index contributed by atoms with van der Waals surface area (Å²) in [7, 11) is 0. The number of halogens is 1. The highest BCUT2D eigenvalue weighted by Crippen LogP contribution is 2.36. The summed E-state index contributed by atoms with van der Waals surface area (Å²) in [5.74, 6) is 0.916.